The second kappa shape index (κ2) is 14.7. The van der Waals surface area contributed by atoms with Gasteiger partial charge in [0.05, 0.1) is 0 Å². The molecule has 0 aliphatic carbocycles. The zero-order valence-corrected chi connectivity index (χ0v) is 28.0. The minimum atomic E-state index is -4.11. The van der Waals surface area contributed by atoms with Gasteiger partial charge in [-0.1, -0.05) is 114 Å². The first-order chi connectivity index (χ1) is 21.0. The molecule has 5 aromatic rings. The van der Waals surface area contributed by atoms with Crippen LogP contribution in [0.1, 0.15) is 59.7 Å². The molecule has 0 saturated heterocycles. The predicted molar refractivity (Wildman–Crippen MR) is 186 cm³/mol. The van der Waals surface area contributed by atoms with Crippen molar-refractivity contribution >= 4 is 35.3 Å². The molecule has 5 heteroatoms. The topological polar surface area (TPSA) is 51.2 Å². The molecule has 0 aromatic heterocycles. The van der Waals surface area contributed by atoms with E-state index >= 15 is 0 Å². The van der Waals surface area contributed by atoms with E-state index in [1.54, 1.807) is 30.3 Å². The molecule has 3 nitrogen and oxygen atoms in total. The monoisotopic (exact) mass is 618 g/mol. The van der Waals surface area contributed by atoms with Crippen LogP contribution in [0.25, 0.3) is 0 Å². The second-order valence-electron chi connectivity index (χ2n) is 11.2. The number of carbonyl (C=O) groups is 2. The molecule has 0 heterocycles. The largest absolute Gasteiger partial charge is 0.302 e. The number of rotatable bonds is 8. The molecule has 0 bridgehead atoms. The first kappa shape index (κ1) is 32.9. The van der Waals surface area contributed by atoms with Crippen molar-refractivity contribution in [1.29, 1.82) is 0 Å². The quantitative estimate of drug-likeness (QED) is 0.128. The van der Waals surface area contributed by atoms with E-state index in [1.165, 1.54) is 10.5 Å². The fraction of sp³-hybridized carbons (Fsp3) is 0.179. The van der Waals surface area contributed by atoms with Crippen LogP contribution in [0.2, 0.25) is 0 Å². The third-order valence-electron chi connectivity index (χ3n) is 7.47. The molecule has 0 saturated carbocycles. The summed E-state index contributed by atoms with van der Waals surface area (Å²) < 4.78 is 14.5. The first-order valence-electron chi connectivity index (χ1n) is 14.6. The lowest BCUT2D eigenvalue weighted by molar-refractivity contribution is 0.104. The minimum absolute atomic E-state index is 0.277. The molecule has 0 N–H and O–H groups in total. The maximum atomic E-state index is 14.5. The molecule has 0 spiro atoms. The zero-order valence-electron chi connectivity index (χ0n) is 26.3. The van der Waals surface area contributed by atoms with Crippen molar-refractivity contribution in [2.75, 3.05) is 0 Å². The van der Waals surface area contributed by atoms with Crippen molar-refractivity contribution in [2.45, 2.75) is 52.2 Å². The summed E-state index contributed by atoms with van der Waals surface area (Å²) >= 11 is 1.87. The molecule has 5 aromatic carbocycles. The summed E-state index contributed by atoms with van der Waals surface area (Å²) in [5.41, 5.74) is 5.94. The van der Waals surface area contributed by atoms with Gasteiger partial charge < -0.3 is 4.57 Å². The predicted octanol–water partition coefficient (Wildman–Crippen LogP) is 10.2. The number of hydrogen-bond acceptors (Lipinski definition) is 4. The van der Waals surface area contributed by atoms with Gasteiger partial charge in [0.1, 0.15) is 0 Å². The summed E-state index contributed by atoms with van der Waals surface area (Å²) in [6, 6.07) is 37.1. The minimum Gasteiger partial charge on any atom is -0.302 e. The molecule has 224 valence electrons. The van der Waals surface area contributed by atoms with Gasteiger partial charge in [-0.15, -0.1) is 11.8 Å². The van der Waals surface area contributed by atoms with Crippen LogP contribution in [0.4, 0.5) is 0 Å². The van der Waals surface area contributed by atoms with Crippen LogP contribution in [0.3, 0.4) is 0 Å². The van der Waals surface area contributed by atoms with Crippen LogP contribution in [-0.4, -0.2) is 11.0 Å². The number of benzene rings is 5. The Bertz CT molecular complexity index is 1650. The maximum absolute atomic E-state index is 14.5. The number of carbonyl (C=O) groups excluding carboxylic acids is 2. The van der Waals surface area contributed by atoms with Gasteiger partial charge in [0.2, 0.25) is 18.2 Å². The Kier molecular flexibility index (Phi) is 11.0. The normalized spacial score (nSPS) is 11.0. The van der Waals surface area contributed by atoms with Gasteiger partial charge in [-0.2, -0.15) is 0 Å². The Hall–Kier alpha value is -3.98. The van der Waals surface area contributed by atoms with E-state index in [9.17, 15) is 14.2 Å². The molecule has 0 atom stereocenters. The fourth-order valence-corrected chi connectivity index (χ4v) is 9.03. The Balaban J connectivity index is 0.000000262. The van der Waals surface area contributed by atoms with E-state index in [-0.39, 0.29) is 5.30 Å². The molecule has 0 amide bonds. The van der Waals surface area contributed by atoms with Crippen molar-refractivity contribution in [2.24, 2.45) is 0 Å². The Morgan fingerprint density at radius 3 is 1.32 bits per heavy atom. The Labute approximate surface area is 266 Å². The average molecular weight is 619 g/mol. The molecule has 0 fully saturated rings. The molecule has 0 aliphatic heterocycles. The third-order valence-corrected chi connectivity index (χ3v) is 11.2. The molecule has 0 radical (unpaired) electrons. The summed E-state index contributed by atoms with van der Waals surface area (Å²) in [6.07, 6.45) is 0. The van der Waals surface area contributed by atoms with Crippen molar-refractivity contribution in [3.8, 4) is 0 Å². The highest BCUT2D eigenvalue weighted by atomic mass is 32.2. The van der Waals surface area contributed by atoms with Crippen molar-refractivity contribution in [3.05, 3.63) is 165 Å². The van der Waals surface area contributed by atoms with Gasteiger partial charge in [0.15, 0.2) is 0 Å². The molecule has 5 rings (SSSR count). The summed E-state index contributed by atoms with van der Waals surface area (Å²) in [5, 5.41) is 0.277. The van der Waals surface area contributed by atoms with Crippen LogP contribution in [0.15, 0.2) is 120 Å². The van der Waals surface area contributed by atoms with Crippen LogP contribution < -0.4 is 5.30 Å². The van der Waals surface area contributed by atoms with E-state index in [0.29, 0.717) is 11.1 Å². The van der Waals surface area contributed by atoms with E-state index in [1.807, 2.05) is 83.6 Å². The van der Waals surface area contributed by atoms with Gasteiger partial charge in [-0.25, -0.2) is 0 Å². The van der Waals surface area contributed by atoms with Gasteiger partial charge in [0.25, 0.3) is 0 Å². The maximum Gasteiger partial charge on any atom is 0.248 e. The molecular weight excluding hydrogens is 579 g/mol. The third kappa shape index (κ3) is 7.56. The van der Waals surface area contributed by atoms with Gasteiger partial charge >= 0.3 is 0 Å². The molecular formula is C39H39O3PS. The summed E-state index contributed by atoms with van der Waals surface area (Å²) in [4.78, 5) is 29.0. The van der Waals surface area contributed by atoms with Gasteiger partial charge in [-0.3, -0.25) is 9.59 Å². The molecule has 0 unspecified atom stereocenters. The van der Waals surface area contributed by atoms with Crippen molar-refractivity contribution < 1.29 is 14.2 Å². The fourth-order valence-electron chi connectivity index (χ4n) is 5.57. The van der Waals surface area contributed by atoms with Gasteiger partial charge in [0, 0.05) is 27.1 Å². The number of hydrogen-bond donors (Lipinski definition) is 0. The SMILES string of the molecule is Cc1cc(C)c(C(=O)P(=O)(C(=O)c2c(C)cc(C)cc2C)c2ccccc2)c(C)c1.c1ccc(CSc2ccccc2)cc1. The lowest BCUT2D eigenvalue weighted by atomic mass is 10.0. The molecule has 44 heavy (non-hydrogen) atoms. The van der Waals surface area contributed by atoms with Crippen molar-refractivity contribution in [3.63, 3.8) is 0 Å². The van der Waals surface area contributed by atoms with Crippen LogP contribution >= 0.6 is 18.9 Å². The standard InChI is InChI=1S/C26H27O3P.C13H12S/c1-16-12-18(3)23(19(4)13-16)25(27)30(29,22-10-8-7-9-11-22)26(28)24-20(5)14-17(2)15-21(24)6;1-3-7-12(8-4-1)11-14-13-9-5-2-6-10-13/h7-15H,1-6H3;1-10H,11H2. The average Bonchev–Trinajstić information content (AvgIpc) is 3.00. The van der Waals surface area contributed by atoms with E-state index in [0.717, 1.165) is 39.1 Å². The first-order valence-corrected chi connectivity index (χ1v) is 17.3. The highest BCUT2D eigenvalue weighted by Crippen LogP contribution is 2.52. The van der Waals surface area contributed by atoms with Crippen molar-refractivity contribution in [1.82, 2.24) is 0 Å². The van der Waals surface area contributed by atoms with E-state index in [4.69, 9.17) is 0 Å². The number of aryl methyl sites for hydroxylation is 6. The highest BCUT2D eigenvalue weighted by molar-refractivity contribution is 8.01. The van der Waals surface area contributed by atoms with Crippen LogP contribution in [0.5, 0.6) is 0 Å². The smallest absolute Gasteiger partial charge is 0.248 e. The second-order valence-corrected chi connectivity index (χ2v) is 14.8. The Morgan fingerprint density at radius 2 is 0.909 bits per heavy atom. The zero-order chi connectivity index (χ0) is 31.9. The van der Waals surface area contributed by atoms with Gasteiger partial charge in [-0.05, 0) is 81.5 Å². The molecule has 0 aliphatic rings. The lowest BCUT2D eigenvalue weighted by Gasteiger charge is -2.21. The Morgan fingerprint density at radius 1 is 0.545 bits per heavy atom. The summed E-state index contributed by atoms with van der Waals surface area (Å²) in [7, 11) is -4.11. The van der Waals surface area contributed by atoms with Crippen LogP contribution in [-0.2, 0) is 10.3 Å². The van der Waals surface area contributed by atoms with E-state index in [2.05, 4.69) is 54.6 Å². The van der Waals surface area contributed by atoms with E-state index < -0.39 is 18.2 Å². The summed E-state index contributed by atoms with van der Waals surface area (Å²) in [6.45, 7) is 11.2. The summed E-state index contributed by atoms with van der Waals surface area (Å²) in [5.74, 6) is 1.05. The number of thioether (sulfide) groups is 1. The highest BCUT2D eigenvalue weighted by Gasteiger charge is 2.44. The lowest BCUT2D eigenvalue weighted by Crippen LogP contribution is -2.23. The van der Waals surface area contributed by atoms with Crippen LogP contribution in [0, 0.1) is 41.5 Å².